The van der Waals surface area contributed by atoms with Crippen molar-refractivity contribution in [2.45, 2.75) is 31.7 Å². The van der Waals surface area contributed by atoms with Gasteiger partial charge in [-0.1, -0.05) is 0 Å². The largest absolute Gasteiger partial charge is 0.508 e. The van der Waals surface area contributed by atoms with E-state index in [1.54, 1.807) is 6.92 Å². The second-order valence-corrected chi connectivity index (χ2v) is 4.44. The lowest BCUT2D eigenvalue weighted by molar-refractivity contribution is -0.202. The first-order valence-electron chi connectivity index (χ1n) is 6.93. The topological polar surface area (TPSA) is 135 Å². The number of rotatable bonds is 5. The molecular formula is C14H23NO7. The minimum Gasteiger partial charge on any atom is -0.508 e. The van der Waals surface area contributed by atoms with Crippen molar-refractivity contribution >= 4 is 0 Å². The summed E-state index contributed by atoms with van der Waals surface area (Å²) >= 11 is 0. The predicted molar refractivity (Wildman–Crippen MR) is 77.2 cm³/mol. The van der Waals surface area contributed by atoms with Gasteiger partial charge in [0.05, 0.1) is 6.61 Å². The molecule has 1 fully saturated rings. The highest BCUT2D eigenvalue weighted by atomic mass is 16.8. The summed E-state index contributed by atoms with van der Waals surface area (Å²) in [5, 5.41) is 36.0. The SMILES string of the molecule is CCO.NCCOC1OC(O)C(O)C1Oc1ccc(O)cc1. The summed E-state index contributed by atoms with van der Waals surface area (Å²) < 4.78 is 15.8. The van der Waals surface area contributed by atoms with Crippen LogP contribution in [-0.4, -0.2) is 65.0 Å². The van der Waals surface area contributed by atoms with Gasteiger partial charge in [0.2, 0.25) is 6.29 Å². The number of nitrogens with two attached hydrogens (primary N) is 1. The molecule has 1 aliphatic rings. The molecule has 4 atom stereocenters. The van der Waals surface area contributed by atoms with Crippen LogP contribution in [0.5, 0.6) is 11.5 Å². The quantitative estimate of drug-likeness (QED) is 0.474. The summed E-state index contributed by atoms with van der Waals surface area (Å²) in [5.41, 5.74) is 5.32. The Kier molecular flexibility index (Phi) is 8.10. The Bertz CT molecular complexity index is 414. The number of ether oxygens (including phenoxy) is 3. The number of hydrogen-bond donors (Lipinski definition) is 5. The van der Waals surface area contributed by atoms with Crippen LogP contribution < -0.4 is 10.5 Å². The molecule has 6 N–H and O–H groups in total. The summed E-state index contributed by atoms with van der Waals surface area (Å²) in [6, 6.07) is 5.97. The number of hydrogen-bond acceptors (Lipinski definition) is 8. The maximum atomic E-state index is 9.78. The molecule has 0 amide bonds. The third-order valence-corrected chi connectivity index (χ3v) is 2.68. The molecule has 0 spiro atoms. The molecule has 4 unspecified atom stereocenters. The van der Waals surface area contributed by atoms with Crippen molar-refractivity contribution in [3.8, 4) is 11.5 Å². The van der Waals surface area contributed by atoms with Crippen LogP contribution >= 0.6 is 0 Å². The van der Waals surface area contributed by atoms with Gasteiger partial charge in [-0.15, -0.1) is 0 Å². The van der Waals surface area contributed by atoms with Crippen molar-refractivity contribution < 1.29 is 34.6 Å². The van der Waals surface area contributed by atoms with Crippen molar-refractivity contribution in [2.24, 2.45) is 5.73 Å². The molecule has 1 heterocycles. The smallest absolute Gasteiger partial charge is 0.200 e. The van der Waals surface area contributed by atoms with Crippen molar-refractivity contribution in [3.05, 3.63) is 24.3 Å². The zero-order valence-electron chi connectivity index (χ0n) is 12.3. The van der Waals surface area contributed by atoms with Gasteiger partial charge < -0.3 is 40.4 Å². The molecule has 0 aromatic heterocycles. The van der Waals surface area contributed by atoms with Gasteiger partial charge in [-0.3, -0.25) is 0 Å². The van der Waals surface area contributed by atoms with E-state index in [-0.39, 0.29) is 25.5 Å². The Hall–Kier alpha value is -1.42. The van der Waals surface area contributed by atoms with Gasteiger partial charge in [-0.25, -0.2) is 0 Å². The van der Waals surface area contributed by atoms with Crippen LogP contribution in [0.2, 0.25) is 0 Å². The third kappa shape index (κ3) is 5.41. The van der Waals surface area contributed by atoms with Gasteiger partial charge in [-0.2, -0.15) is 0 Å². The number of aliphatic hydroxyl groups is 3. The summed E-state index contributed by atoms with van der Waals surface area (Å²) in [7, 11) is 0. The Labute approximate surface area is 128 Å². The highest BCUT2D eigenvalue weighted by molar-refractivity contribution is 5.30. The van der Waals surface area contributed by atoms with E-state index in [9.17, 15) is 15.3 Å². The van der Waals surface area contributed by atoms with Crippen molar-refractivity contribution in [3.63, 3.8) is 0 Å². The van der Waals surface area contributed by atoms with Crippen molar-refractivity contribution in [2.75, 3.05) is 19.8 Å². The van der Waals surface area contributed by atoms with Crippen molar-refractivity contribution in [1.82, 2.24) is 0 Å². The summed E-state index contributed by atoms with van der Waals surface area (Å²) in [4.78, 5) is 0. The Morgan fingerprint density at radius 3 is 2.36 bits per heavy atom. The van der Waals surface area contributed by atoms with Crippen molar-refractivity contribution in [1.29, 1.82) is 0 Å². The Morgan fingerprint density at radius 1 is 1.23 bits per heavy atom. The molecule has 2 rings (SSSR count). The fourth-order valence-corrected chi connectivity index (χ4v) is 1.74. The normalized spacial score (nSPS) is 27.1. The molecule has 1 aromatic carbocycles. The monoisotopic (exact) mass is 317 g/mol. The number of aliphatic hydroxyl groups excluding tert-OH is 3. The minimum absolute atomic E-state index is 0.103. The van der Waals surface area contributed by atoms with E-state index in [4.69, 9.17) is 25.1 Å². The molecule has 22 heavy (non-hydrogen) atoms. The second-order valence-electron chi connectivity index (χ2n) is 4.44. The van der Waals surface area contributed by atoms with Gasteiger partial charge >= 0.3 is 0 Å². The summed E-state index contributed by atoms with van der Waals surface area (Å²) in [5.74, 6) is 0.521. The van der Waals surface area contributed by atoms with E-state index >= 15 is 0 Å². The van der Waals surface area contributed by atoms with Gasteiger partial charge in [0, 0.05) is 13.2 Å². The van der Waals surface area contributed by atoms with E-state index in [2.05, 4.69) is 0 Å². The molecule has 1 saturated heterocycles. The van der Waals surface area contributed by atoms with E-state index < -0.39 is 24.8 Å². The fraction of sp³-hybridized carbons (Fsp3) is 0.571. The van der Waals surface area contributed by atoms with Crippen LogP contribution in [0.1, 0.15) is 6.92 Å². The standard InChI is InChI=1S/C12H17NO6.C2H6O/c13-5-6-17-12-10(9(15)11(16)19-12)18-8-3-1-7(14)2-4-8;1-2-3/h1-4,9-12,14-16H,5-6,13H2;3H,2H2,1H3. The molecule has 0 radical (unpaired) electrons. The highest BCUT2D eigenvalue weighted by Crippen LogP contribution is 2.26. The first kappa shape index (κ1) is 18.6. The lowest BCUT2D eigenvalue weighted by Crippen LogP contribution is -2.39. The maximum Gasteiger partial charge on any atom is 0.200 e. The van der Waals surface area contributed by atoms with Crippen LogP contribution in [0, 0.1) is 0 Å². The number of phenols is 1. The summed E-state index contributed by atoms with van der Waals surface area (Å²) in [6.07, 6.45) is -4.37. The van der Waals surface area contributed by atoms with Crippen LogP contribution in [0.3, 0.4) is 0 Å². The van der Waals surface area contributed by atoms with Gasteiger partial charge in [-0.05, 0) is 31.2 Å². The fourth-order valence-electron chi connectivity index (χ4n) is 1.74. The second kappa shape index (κ2) is 9.57. The molecule has 1 aliphatic heterocycles. The molecule has 8 heteroatoms. The molecule has 0 bridgehead atoms. The third-order valence-electron chi connectivity index (χ3n) is 2.68. The minimum atomic E-state index is -1.37. The Balaban J connectivity index is 0.000000745. The lowest BCUT2D eigenvalue weighted by Gasteiger charge is -2.21. The van der Waals surface area contributed by atoms with E-state index in [1.165, 1.54) is 24.3 Å². The van der Waals surface area contributed by atoms with Crippen LogP contribution in [0.15, 0.2) is 24.3 Å². The number of phenolic OH excluding ortho intramolecular Hbond substituents is 1. The maximum absolute atomic E-state index is 9.78. The van der Waals surface area contributed by atoms with Gasteiger partial charge in [0.1, 0.15) is 17.6 Å². The Morgan fingerprint density at radius 2 is 1.82 bits per heavy atom. The highest BCUT2D eigenvalue weighted by Gasteiger charge is 2.45. The first-order chi connectivity index (χ1) is 10.5. The van der Waals surface area contributed by atoms with E-state index in [0.29, 0.717) is 5.75 Å². The number of aromatic hydroxyl groups is 1. The zero-order chi connectivity index (χ0) is 16.5. The molecule has 0 saturated carbocycles. The molecular weight excluding hydrogens is 294 g/mol. The van der Waals surface area contributed by atoms with Crippen LogP contribution in [0.4, 0.5) is 0 Å². The van der Waals surface area contributed by atoms with E-state index in [1.807, 2.05) is 0 Å². The van der Waals surface area contributed by atoms with Crippen LogP contribution in [0.25, 0.3) is 0 Å². The van der Waals surface area contributed by atoms with E-state index in [0.717, 1.165) is 0 Å². The predicted octanol–water partition coefficient (Wildman–Crippen LogP) is -0.851. The molecule has 8 nitrogen and oxygen atoms in total. The average molecular weight is 317 g/mol. The first-order valence-corrected chi connectivity index (χ1v) is 6.93. The van der Waals surface area contributed by atoms with Gasteiger partial charge in [0.15, 0.2) is 12.4 Å². The molecule has 126 valence electrons. The zero-order valence-corrected chi connectivity index (χ0v) is 12.3. The van der Waals surface area contributed by atoms with Crippen LogP contribution in [-0.2, 0) is 9.47 Å². The molecule has 1 aromatic rings. The van der Waals surface area contributed by atoms with Gasteiger partial charge in [0.25, 0.3) is 0 Å². The molecule has 0 aliphatic carbocycles. The number of benzene rings is 1. The summed E-state index contributed by atoms with van der Waals surface area (Å²) in [6.45, 7) is 2.44. The average Bonchev–Trinajstić information content (AvgIpc) is 2.76. The lowest BCUT2D eigenvalue weighted by atomic mass is 10.2.